The Bertz CT molecular complexity index is 1300. The van der Waals surface area contributed by atoms with Crippen LogP contribution in [0.2, 0.25) is 0 Å². The molecule has 2 heterocycles. The van der Waals surface area contributed by atoms with Crippen molar-refractivity contribution in [2.75, 3.05) is 6.61 Å². The minimum Gasteiger partial charge on any atom is -0.494 e. The lowest BCUT2D eigenvalue weighted by atomic mass is 10.2. The first-order valence-electron chi connectivity index (χ1n) is 9.79. The van der Waals surface area contributed by atoms with Crippen molar-refractivity contribution in [1.82, 2.24) is 19.3 Å². The Morgan fingerprint density at radius 1 is 1.07 bits per heavy atom. The summed E-state index contributed by atoms with van der Waals surface area (Å²) in [4.78, 5) is 30.2. The number of ether oxygens (including phenoxy) is 1. The van der Waals surface area contributed by atoms with Crippen LogP contribution in [0.3, 0.4) is 0 Å². The highest BCUT2D eigenvalue weighted by molar-refractivity contribution is 5.77. The maximum Gasteiger partial charge on any atom is 0.332 e. The first kappa shape index (κ1) is 19.6. The van der Waals surface area contributed by atoms with Crippen LogP contribution in [-0.2, 0) is 6.54 Å². The molecule has 0 aliphatic carbocycles. The van der Waals surface area contributed by atoms with Gasteiger partial charge in [-0.25, -0.2) is 4.79 Å². The Balaban J connectivity index is 1.74. The van der Waals surface area contributed by atoms with E-state index >= 15 is 0 Å². The molecule has 0 aliphatic heterocycles. The maximum absolute atomic E-state index is 13.0. The molecule has 0 amide bonds. The number of fused-ring (bicyclic) bond motifs is 1. The summed E-state index contributed by atoms with van der Waals surface area (Å²) < 4.78 is 13.6. The van der Waals surface area contributed by atoms with Crippen molar-refractivity contribution in [3.05, 3.63) is 75.3 Å². The van der Waals surface area contributed by atoms with Crippen LogP contribution in [0.25, 0.3) is 22.3 Å². The highest BCUT2D eigenvalue weighted by atomic mass is 16.5. The van der Waals surface area contributed by atoms with Crippen molar-refractivity contribution in [2.24, 2.45) is 0 Å². The average Bonchev–Trinajstić information content (AvgIpc) is 3.20. The zero-order valence-corrected chi connectivity index (χ0v) is 17.0. The van der Waals surface area contributed by atoms with E-state index in [0.717, 1.165) is 11.3 Å². The Hall–Kier alpha value is -3.68. The van der Waals surface area contributed by atoms with Gasteiger partial charge in [0.2, 0.25) is 11.7 Å². The summed E-state index contributed by atoms with van der Waals surface area (Å²) in [6, 6.07) is 14.1. The third-order valence-corrected chi connectivity index (χ3v) is 4.78. The molecular formula is C22H22N4O4. The second-order valence-electron chi connectivity index (χ2n) is 7.12. The van der Waals surface area contributed by atoms with Gasteiger partial charge in [0, 0.05) is 11.6 Å². The van der Waals surface area contributed by atoms with Crippen LogP contribution in [0.15, 0.2) is 62.6 Å². The summed E-state index contributed by atoms with van der Waals surface area (Å²) in [5, 5.41) is 4.50. The van der Waals surface area contributed by atoms with E-state index in [1.807, 2.05) is 31.2 Å². The number of hydrogen-bond donors (Lipinski definition) is 0. The number of para-hydroxylation sites is 1. The van der Waals surface area contributed by atoms with Gasteiger partial charge in [0.25, 0.3) is 5.56 Å². The van der Waals surface area contributed by atoms with Crippen molar-refractivity contribution in [1.29, 1.82) is 0 Å². The molecule has 0 atom stereocenters. The molecule has 30 heavy (non-hydrogen) atoms. The highest BCUT2D eigenvalue weighted by Gasteiger charge is 2.17. The van der Waals surface area contributed by atoms with Gasteiger partial charge in [0.15, 0.2) is 0 Å². The van der Waals surface area contributed by atoms with E-state index in [4.69, 9.17) is 9.26 Å². The van der Waals surface area contributed by atoms with Gasteiger partial charge in [-0.05, 0) is 57.2 Å². The number of hydrogen-bond acceptors (Lipinski definition) is 6. The second-order valence-corrected chi connectivity index (χ2v) is 7.12. The van der Waals surface area contributed by atoms with Crippen LogP contribution in [0.5, 0.6) is 5.75 Å². The molecule has 2 aromatic heterocycles. The van der Waals surface area contributed by atoms with Crippen molar-refractivity contribution < 1.29 is 9.26 Å². The van der Waals surface area contributed by atoms with Crippen molar-refractivity contribution in [3.8, 4) is 17.1 Å². The van der Waals surface area contributed by atoms with Gasteiger partial charge in [0.1, 0.15) is 12.3 Å². The molecule has 0 spiro atoms. The van der Waals surface area contributed by atoms with Crippen molar-refractivity contribution in [2.45, 2.75) is 33.4 Å². The third-order valence-electron chi connectivity index (χ3n) is 4.78. The van der Waals surface area contributed by atoms with Crippen LogP contribution < -0.4 is 16.0 Å². The van der Waals surface area contributed by atoms with Gasteiger partial charge in [-0.3, -0.25) is 13.9 Å². The molecule has 0 fully saturated rings. The number of aromatic nitrogens is 4. The Kier molecular flexibility index (Phi) is 5.22. The van der Waals surface area contributed by atoms with E-state index in [1.165, 1.54) is 9.13 Å². The van der Waals surface area contributed by atoms with Gasteiger partial charge >= 0.3 is 5.69 Å². The minimum atomic E-state index is -0.408. The van der Waals surface area contributed by atoms with Gasteiger partial charge in [-0.15, -0.1) is 0 Å². The molecule has 8 heteroatoms. The van der Waals surface area contributed by atoms with E-state index in [2.05, 4.69) is 10.1 Å². The van der Waals surface area contributed by atoms with E-state index in [9.17, 15) is 9.59 Å². The molecule has 154 valence electrons. The largest absolute Gasteiger partial charge is 0.494 e. The standard InChI is InChI=1S/C22H22N4O4/c1-4-29-16-11-9-15(10-12-16)20-23-19(30-24-20)13-25-18-8-6-5-7-17(18)21(27)26(14(2)3)22(25)28/h5-12,14H,4,13H2,1-3H3. The lowest BCUT2D eigenvalue weighted by molar-refractivity contribution is 0.340. The quantitative estimate of drug-likeness (QED) is 0.488. The smallest absolute Gasteiger partial charge is 0.332 e. The number of benzene rings is 2. The fourth-order valence-electron chi connectivity index (χ4n) is 3.39. The Labute approximate surface area is 172 Å². The van der Waals surface area contributed by atoms with Crippen LogP contribution in [0, 0.1) is 0 Å². The van der Waals surface area contributed by atoms with Crippen LogP contribution in [0.1, 0.15) is 32.7 Å². The van der Waals surface area contributed by atoms with E-state index in [-0.39, 0.29) is 24.0 Å². The van der Waals surface area contributed by atoms with E-state index in [1.54, 1.807) is 38.1 Å². The summed E-state index contributed by atoms with van der Waals surface area (Å²) >= 11 is 0. The predicted molar refractivity (Wildman–Crippen MR) is 113 cm³/mol. The first-order valence-corrected chi connectivity index (χ1v) is 9.79. The van der Waals surface area contributed by atoms with Gasteiger partial charge in [-0.1, -0.05) is 17.3 Å². The molecule has 0 aliphatic rings. The van der Waals surface area contributed by atoms with Gasteiger partial charge in [-0.2, -0.15) is 4.98 Å². The summed E-state index contributed by atoms with van der Waals surface area (Å²) in [7, 11) is 0. The third kappa shape index (κ3) is 3.52. The highest BCUT2D eigenvalue weighted by Crippen LogP contribution is 2.20. The average molecular weight is 406 g/mol. The normalized spacial score (nSPS) is 11.3. The molecule has 8 nitrogen and oxygen atoms in total. The topological polar surface area (TPSA) is 92.2 Å². The molecule has 4 aromatic rings. The SMILES string of the molecule is CCOc1ccc(-c2noc(Cn3c(=O)n(C(C)C)c(=O)c4ccccc43)n2)cc1. The molecule has 0 saturated carbocycles. The van der Waals surface area contributed by atoms with Gasteiger partial charge < -0.3 is 9.26 Å². The van der Waals surface area contributed by atoms with Crippen LogP contribution >= 0.6 is 0 Å². The summed E-state index contributed by atoms with van der Waals surface area (Å²) in [6.07, 6.45) is 0. The molecule has 0 bridgehead atoms. The molecule has 0 N–H and O–H groups in total. The second kappa shape index (κ2) is 7.98. The Morgan fingerprint density at radius 2 is 1.80 bits per heavy atom. The first-order chi connectivity index (χ1) is 14.5. The molecule has 2 aromatic carbocycles. The molecule has 4 rings (SSSR count). The van der Waals surface area contributed by atoms with E-state index in [0.29, 0.717) is 23.3 Å². The van der Waals surface area contributed by atoms with Crippen LogP contribution in [-0.4, -0.2) is 25.9 Å². The lowest BCUT2D eigenvalue weighted by Crippen LogP contribution is -2.41. The van der Waals surface area contributed by atoms with Crippen molar-refractivity contribution in [3.63, 3.8) is 0 Å². The molecular weight excluding hydrogens is 384 g/mol. The fourth-order valence-corrected chi connectivity index (χ4v) is 3.39. The monoisotopic (exact) mass is 406 g/mol. The zero-order chi connectivity index (χ0) is 21.3. The van der Waals surface area contributed by atoms with Crippen molar-refractivity contribution >= 4 is 10.9 Å². The molecule has 0 unspecified atom stereocenters. The predicted octanol–water partition coefficient (Wildman–Crippen LogP) is 3.24. The fraction of sp³-hybridized carbons (Fsp3) is 0.273. The zero-order valence-electron chi connectivity index (χ0n) is 17.0. The summed E-state index contributed by atoms with van der Waals surface area (Å²) in [5.74, 6) is 1.46. The minimum absolute atomic E-state index is 0.0658. The number of nitrogens with zero attached hydrogens (tertiary/aromatic N) is 4. The molecule has 0 radical (unpaired) electrons. The maximum atomic E-state index is 13.0. The Morgan fingerprint density at radius 3 is 2.50 bits per heavy atom. The summed E-state index contributed by atoms with van der Waals surface area (Å²) in [6.45, 7) is 6.19. The van der Waals surface area contributed by atoms with E-state index < -0.39 is 5.69 Å². The van der Waals surface area contributed by atoms with Gasteiger partial charge in [0.05, 0.1) is 17.5 Å². The summed E-state index contributed by atoms with van der Waals surface area (Å²) in [5.41, 5.74) is 0.597. The van der Waals surface area contributed by atoms with Crippen LogP contribution in [0.4, 0.5) is 0 Å². The number of rotatable bonds is 6. The lowest BCUT2D eigenvalue weighted by Gasteiger charge is -2.14. The molecule has 0 saturated heterocycles.